The number of aromatic nitrogens is 1. The van der Waals surface area contributed by atoms with Crippen LogP contribution < -0.4 is 20.3 Å². The summed E-state index contributed by atoms with van der Waals surface area (Å²) in [6.07, 6.45) is 4.30. The number of halogens is 1. The third-order valence-electron chi connectivity index (χ3n) is 6.45. The fourth-order valence-electron chi connectivity index (χ4n) is 4.51. The van der Waals surface area contributed by atoms with Gasteiger partial charge in [0.05, 0.1) is 5.02 Å². The smallest absolute Gasteiger partial charge is 0.254 e. The molecule has 33 heavy (non-hydrogen) atoms. The van der Waals surface area contributed by atoms with Gasteiger partial charge in [-0.15, -0.1) is 11.8 Å². The molecule has 0 spiro atoms. The number of ether oxygens (including phenoxy) is 2. The van der Waals surface area contributed by atoms with Gasteiger partial charge in [-0.1, -0.05) is 11.6 Å². The molecule has 0 bridgehead atoms. The first-order valence-electron chi connectivity index (χ1n) is 10.9. The number of fused-ring (bicyclic) bond motifs is 1. The Kier molecular flexibility index (Phi) is 6.51. The van der Waals surface area contributed by atoms with E-state index in [1.165, 1.54) is 11.8 Å². The lowest BCUT2D eigenvalue weighted by Crippen LogP contribution is -2.44. The van der Waals surface area contributed by atoms with Crippen LogP contribution in [0.1, 0.15) is 59.8 Å². The van der Waals surface area contributed by atoms with E-state index >= 15 is 0 Å². The molecule has 1 aromatic heterocycles. The third-order valence-corrected chi connectivity index (χ3v) is 7.54. The van der Waals surface area contributed by atoms with Crippen molar-refractivity contribution in [3.8, 4) is 11.5 Å². The molecule has 1 unspecified atom stereocenters. The molecule has 2 aromatic rings. The highest BCUT2D eigenvalue weighted by Crippen LogP contribution is 2.51. The molecule has 9 heteroatoms. The Morgan fingerprint density at radius 3 is 2.55 bits per heavy atom. The molecule has 7 nitrogen and oxygen atoms in total. The van der Waals surface area contributed by atoms with Crippen molar-refractivity contribution in [2.75, 3.05) is 6.26 Å². The minimum absolute atomic E-state index is 0.0496. The highest BCUT2D eigenvalue weighted by molar-refractivity contribution is 7.98. The molecule has 1 aliphatic carbocycles. The summed E-state index contributed by atoms with van der Waals surface area (Å²) in [5.74, 6) is -0.113. The van der Waals surface area contributed by atoms with E-state index in [9.17, 15) is 14.4 Å². The number of H-pyrrole nitrogens is 1. The summed E-state index contributed by atoms with van der Waals surface area (Å²) in [5.41, 5.74) is 2.03. The van der Waals surface area contributed by atoms with Crippen molar-refractivity contribution in [3.05, 3.63) is 49.9 Å². The minimum Gasteiger partial charge on any atom is -0.448 e. The first-order valence-corrected chi connectivity index (χ1v) is 12.5. The van der Waals surface area contributed by atoms with Crippen molar-refractivity contribution in [3.63, 3.8) is 0 Å². The zero-order valence-electron chi connectivity index (χ0n) is 19.1. The van der Waals surface area contributed by atoms with Crippen LogP contribution in [-0.4, -0.2) is 28.7 Å². The highest BCUT2D eigenvalue weighted by atomic mass is 35.5. The van der Waals surface area contributed by atoms with Crippen molar-refractivity contribution < 1.29 is 19.1 Å². The summed E-state index contributed by atoms with van der Waals surface area (Å²) in [6, 6.07) is 3.45. The molecular weight excluding hydrogens is 464 g/mol. The van der Waals surface area contributed by atoms with E-state index < -0.39 is 5.79 Å². The van der Waals surface area contributed by atoms with E-state index in [-0.39, 0.29) is 34.7 Å². The number of Topliss-reactive ketones (excluding diaryl/α,β-unsaturated/α-hetero) is 1. The quantitative estimate of drug-likeness (QED) is 0.597. The fourth-order valence-corrected chi connectivity index (χ4v) is 5.45. The Bertz CT molecular complexity index is 1180. The van der Waals surface area contributed by atoms with Gasteiger partial charge < -0.3 is 19.8 Å². The van der Waals surface area contributed by atoms with Gasteiger partial charge >= 0.3 is 0 Å². The Morgan fingerprint density at radius 2 is 1.88 bits per heavy atom. The molecule has 0 saturated heterocycles. The fraction of sp³-hybridized carbons (Fsp3) is 0.458. The number of pyridine rings is 1. The predicted octanol–water partition coefficient (Wildman–Crippen LogP) is 4.54. The molecule has 1 aromatic carbocycles. The van der Waals surface area contributed by atoms with Crippen molar-refractivity contribution in [1.29, 1.82) is 0 Å². The number of hydrogen-bond donors (Lipinski definition) is 2. The lowest BCUT2D eigenvalue weighted by molar-refractivity contribution is -0.135. The van der Waals surface area contributed by atoms with Crippen LogP contribution in [0, 0.1) is 19.8 Å². The average molecular weight is 491 g/mol. The van der Waals surface area contributed by atoms with E-state index in [0.29, 0.717) is 53.9 Å². The monoisotopic (exact) mass is 490 g/mol. The molecule has 1 aliphatic heterocycles. The zero-order chi connectivity index (χ0) is 23.9. The molecule has 2 N–H and O–H groups in total. The van der Waals surface area contributed by atoms with Gasteiger partial charge in [0.15, 0.2) is 11.5 Å². The molecular formula is C24H27ClN2O5S. The number of amides is 1. The summed E-state index contributed by atoms with van der Waals surface area (Å²) in [5, 5.41) is 3.12. The standard InChI is InChI=1S/C24H27ClN2O5S/c1-12-9-19(33-4)17(23(30)27-12)11-26-22(29)16-10-18(25)21-20(13(16)2)31-24(3,32-21)14-5-7-15(28)8-6-14/h9-10,14H,5-8,11H2,1-4H3,(H,26,29)(H,27,30). The number of carbonyl (C=O) groups is 2. The zero-order valence-corrected chi connectivity index (χ0v) is 20.7. The summed E-state index contributed by atoms with van der Waals surface area (Å²) in [7, 11) is 0. The number of benzene rings is 1. The summed E-state index contributed by atoms with van der Waals surface area (Å²) in [6.45, 7) is 5.55. The van der Waals surface area contributed by atoms with Crippen LogP contribution in [0.5, 0.6) is 11.5 Å². The molecule has 0 radical (unpaired) electrons. The van der Waals surface area contributed by atoms with E-state index in [0.717, 1.165) is 10.6 Å². The van der Waals surface area contributed by atoms with Crippen LogP contribution in [0.15, 0.2) is 21.8 Å². The number of hydrogen-bond acceptors (Lipinski definition) is 6. The Hall–Kier alpha value is -2.45. The predicted molar refractivity (Wildman–Crippen MR) is 128 cm³/mol. The number of thioether (sulfide) groups is 1. The Morgan fingerprint density at radius 1 is 1.21 bits per heavy atom. The van der Waals surface area contributed by atoms with Gasteiger partial charge in [-0.05, 0) is 45.1 Å². The van der Waals surface area contributed by atoms with Crippen LogP contribution in [0.2, 0.25) is 5.02 Å². The minimum atomic E-state index is -0.936. The second kappa shape index (κ2) is 9.06. The molecule has 2 aliphatic rings. The van der Waals surface area contributed by atoms with Gasteiger partial charge in [-0.25, -0.2) is 0 Å². The van der Waals surface area contributed by atoms with Gasteiger partial charge in [0, 0.05) is 59.5 Å². The van der Waals surface area contributed by atoms with Crippen molar-refractivity contribution in [2.24, 2.45) is 5.92 Å². The molecule has 1 fully saturated rings. The van der Waals surface area contributed by atoms with Crippen LogP contribution in [-0.2, 0) is 11.3 Å². The second-order valence-electron chi connectivity index (χ2n) is 8.73. The van der Waals surface area contributed by atoms with Gasteiger partial charge in [-0.3, -0.25) is 14.4 Å². The number of ketones is 1. The normalized spacial score (nSPS) is 20.2. The lowest BCUT2D eigenvalue weighted by Gasteiger charge is -2.34. The number of rotatable bonds is 5. The van der Waals surface area contributed by atoms with Crippen LogP contribution in [0.4, 0.5) is 0 Å². The molecule has 1 amide bonds. The maximum atomic E-state index is 13.0. The van der Waals surface area contributed by atoms with E-state index in [2.05, 4.69) is 10.3 Å². The van der Waals surface area contributed by atoms with E-state index in [1.54, 1.807) is 13.0 Å². The summed E-state index contributed by atoms with van der Waals surface area (Å²) >= 11 is 7.95. The first kappa shape index (κ1) is 23.7. The van der Waals surface area contributed by atoms with Crippen molar-refractivity contribution in [1.82, 2.24) is 10.3 Å². The van der Waals surface area contributed by atoms with Crippen molar-refractivity contribution >= 4 is 35.1 Å². The number of carbonyl (C=O) groups excluding carboxylic acids is 2. The molecule has 4 rings (SSSR count). The average Bonchev–Trinajstić information content (AvgIpc) is 3.15. The first-order chi connectivity index (χ1) is 15.6. The number of nitrogens with one attached hydrogen (secondary N) is 2. The Balaban J connectivity index is 1.56. The van der Waals surface area contributed by atoms with Gasteiger partial charge in [0.1, 0.15) is 5.78 Å². The maximum absolute atomic E-state index is 13.0. The summed E-state index contributed by atoms with van der Waals surface area (Å²) < 4.78 is 12.4. The van der Waals surface area contributed by atoms with Crippen molar-refractivity contribution in [2.45, 2.75) is 63.7 Å². The second-order valence-corrected chi connectivity index (χ2v) is 9.99. The van der Waals surface area contributed by atoms with Crippen LogP contribution in [0.3, 0.4) is 0 Å². The maximum Gasteiger partial charge on any atom is 0.254 e. The summed E-state index contributed by atoms with van der Waals surface area (Å²) in [4.78, 5) is 40.7. The molecule has 2 heterocycles. The largest absolute Gasteiger partial charge is 0.448 e. The number of aryl methyl sites for hydroxylation is 1. The van der Waals surface area contributed by atoms with E-state index in [4.69, 9.17) is 21.1 Å². The van der Waals surface area contributed by atoms with E-state index in [1.807, 2.05) is 26.2 Å². The Labute approximate surface area is 201 Å². The topological polar surface area (TPSA) is 97.5 Å². The van der Waals surface area contributed by atoms with Gasteiger partial charge in [0.2, 0.25) is 0 Å². The lowest BCUT2D eigenvalue weighted by atomic mass is 9.83. The number of aromatic amines is 1. The molecule has 176 valence electrons. The van der Waals surface area contributed by atoms with Gasteiger partial charge in [0.25, 0.3) is 17.3 Å². The van der Waals surface area contributed by atoms with Crippen LogP contribution >= 0.6 is 23.4 Å². The van der Waals surface area contributed by atoms with Gasteiger partial charge in [-0.2, -0.15) is 0 Å². The SMILES string of the molecule is CSc1cc(C)[nH]c(=O)c1CNC(=O)c1cc(Cl)c2c(c1C)OC(C)(C1CCC(=O)CC1)O2. The molecule has 1 saturated carbocycles. The van der Waals surface area contributed by atoms with Crippen LogP contribution in [0.25, 0.3) is 0 Å². The highest BCUT2D eigenvalue weighted by Gasteiger charge is 2.47. The molecule has 1 atom stereocenters. The third kappa shape index (κ3) is 4.51.